The number of rotatable bonds is 4. The van der Waals surface area contributed by atoms with Crippen LogP contribution in [-0.4, -0.2) is 9.97 Å². The zero-order chi connectivity index (χ0) is 14.8. The Morgan fingerprint density at radius 2 is 1.81 bits per heavy atom. The average Bonchev–Trinajstić information content (AvgIpc) is 2.88. The highest BCUT2D eigenvalue weighted by Gasteiger charge is 2.07. The van der Waals surface area contributed by atoms with Crippen LogP contribution < -0.4 is 4.74 Å². The number of aromatic nitrogens is 2. The Hall–Kier alpha value is -1.71. The van der Waals surface area contributed by atoms with Gasteiger partial charge in [0.2, 0.25) is 0 Å². The molecule has 0 aliphatic heterocycles. The molecule has 5 heteroatoms. The molecule has 0 atom stereocenters. The molecular formula is C16H14Cl2N2O. The number of ether oxygens (including phenoxy) is 1. The Balaban J connectivity index is 1.75. The summed E-state index contributed by atoms with van der Waals surface area (Å²) < 4.78 is 5.72. The van der Waals surface area contributed by atoms with Crippen LogP contribution in [0.5, 0.6) is 5.75 Å². The number of fused-ring (bicyclic) bond motifs is 1. The Kier molecular flexibility index (Phi) is 4.04. The number of aryl methyl sites for hydroxylation is 1. The topological polar surface area (TPSA) is 37.9 Å². The normalized spacial score (nSPS) is 11.0. The Morgan fingerprint density at radius 3 is 2.52 bits per heavy atom. The number of imidazole rings is 1. The highest BCUT2D eigenvalue weighted by Crippen LogP contribution is 2.26. The van der Waals surface area contributed by atoms with E-state index in [1.54, 1.807) is 12.1 Å². The van der Waals surface area contributed by atoms with Gasteiger partial charge in [-0.25, -0.2) is 4.98 Å². The second-order valence-electron chi connectivity index (χ2n) is 4.75. The number of H-pyrrole nitrogens is 1. The number of hydrogen-bond acceptors (Lipinski definition) is 2. The van der Waals surface area contributed by atoms with E-state index in [1.807, 2.05) is 12.1 Å². The predicted octanol–water partition coefficient (Wildman–Crippen LogP) is 5.01. The number of aromatic amines is 1. The van der Waals surface area contributed by atoms with Crippen molar-refractivity contribution in [2.24, 2.45) is 0 Å². The van der Waals surface area contributed by atoms with E-state index < -0.39 is 0 Å². The molecule has 3 nitrogen and oxygen atoms in total. The van der Waals surface area contributed by atoms with Crippen molar-refractivity contribution in [3.63, 3.8) is 0 Å². The third-order valence-corrected chi connectivity index (χ3v) is 4.00. The SMILES string of the molecule is CCc1ccc(OCc2nc3cc(Cl)c(Cl)cc3[nH]2)cc1. The van der Waals surface area contributed by atoms with Crippen molar-refractivity contribution in [3.05, 3.63) is 57.8 Å². The molecule has 3 aromatic rings. The van der Waals surface area contributed by atoms with Gasteiger partial charge >= 0.3 is 0 Å². The molecule has 1 N–H and O–H groups in total. The molecule has 0 saturated heterocycles. The van der Waals surface area contributed by atoms with Gasteiger partial charge in [-0.1, -0.05) is 42.3 Å². The summed E-state index contributed by atoms with van der Waals surface area (Å²) in [4.78, 5) is 7.62. The van der Waals surface area contributed by atoms with E-state index in [1.165, 1.54) is 5.56 Å². The summed E-state index contributed by atoms with van der Waals surface area (Å²) in [5.41, 5.74) is 2.92. The van der Waals surface area contributed by atoms with E-state index in [-0.39, 0.29) is 0 Å². The van der Waals surface area contributed by atoms with Crippen molar-refractivity contribution in [2.45, 2.75) is 20.0 Å². The minimum Gasteiger partial charge on any atom is -0.486 e. The summed E-state index contributed by atoms with van der Waals surface area (Å²) in [5, 5.41) is 1.01. The summed E-state index contributed by atoms with van der Waals surface area (Å²) in [7, 11) is 0. The molecule has 108 valence electrons. The maximum absolute atomic E-state index is 5.99. The maximum Gasteiger partial charge on any atom is 0.146 e. The van der Waals surface area contributed by atoms with Crippen molar-refractivity contribution >= 4 is 34.2 Å². The van der Waals surface area contributed by atoms with Crippen LogP contribution in [0.4, 0.5) is 0 Å². The molecule has 0 saturated carbocycles. The van der Waals surface area contributed by atoms with Crippen LogP contribution in [0.3, 0.4) is 0 Å². The van der Waals surface area contributed by atoms with Gasteiger partial charge in [-0.05, 0) is 36.2 Å². The number of hydrogen-bond donors (Lipinski definition) is 1. The Morgan fingerprint density at radius 1 is 1.10 bits per heavy atom. The molecule has 0 spiro atoms. The monoisotopic (exact) mass is 320 g/mol. The van der Waals surface area contributed by atoms with E-state index in [4.69, 9.17) is 27.9 Å². The third-order valence-electron chi connectivity index (χ3n) is 3.28. The zero-order valence-corrected chi connectivity index (χ0v) is 13.0. The smallest absolute Gasteiger partial charge is 0.146 e. The molecule has 1 heterocycles. The van der Waals surface area contributed by atoms with Gasteiger partial charge in [-0.3, -0.25) is 0 Å². The van der Waals surface area contributed by atoms with Crippen LogP contribution in [0.25, 0.3) is 11.0 Å². The number of nitrogens with zero attached hydrogens (tertiary/aromatic N) is 1. The van der Waals surface area contributed by atoms with Crippen LogP contribution in [0.1, 0.15) is 18.3 Å². The van der Waals surface area contributed by atoms with E-state index >= 15 is 0 Å². The first-order chi connectivity index (χ1) is 10.2. The van der Waals surface area contributed by atoms with Gasteiger partial charge < -0.3 is 9.72 Å². The third kappa shape index (κ3) is 3.14. The summed E-state index contributed by atoms with van der Waals surface area (Å²) >= 11 is 12.0. The van der Waals surface area contributed by atoms with Crippen LogP contribution in [0, 0.1) is 0 Å². The van der Waals surface area contributed by atoms with Gasteiger partial charge in [-0.2, -0.15) is 0 Å². The van der Waals surface area contributed by atoms with Crippen molar-refractivity contribution in [2.75, 3.05) is 0 Å². The minimum absolute atomic E-state index is 0.370. The molecule has 0 aliphatic rings. The molecule has 0 aliphatic carbocycles. The van der Waals surface area contributed by atoms with E-state index in [0.717, 1.165) is 29.0 Å². The second kappa shape index (κ2) is 5.96. The first-order valence-corrected chi connectivity index (χ1v) is 7.46. The lowest BCUT2D eigenvalue weighted by molar-refractivity contribution is 0.297. The minimum atomic E-state index is 0.370. The molecule has 2 aromatic carbocycles. The summed E-state index contributed by atoms with van der Waals surface area (Å²) in [6.07, 6.45) is 1.02. The number of halogens is 2. The summed E-state index contributed by atoms with van der Waals surface area (Å²) in [6.45, 7) is 2.50. The fraction of sp³-hybridized carbons (Fsp3) is 0.188. The largest absolute Gasteiger partial charge is 0.486 e. The van der Waals surface area contributed by atoms with E-state index in [0.29, 0.717) is 16.7 Å². The lowest BCUT2D eigenvalue weighted by Gasteiger charge is -2.04. The lowest BCUT2D eigenvalue weighted by atomic mass is 10.2. The van der Waals surface area contributed by atoms with Gasteiger partial charge in [0.05, 0.1) is 21.1 Å². The molecule has 0 fully saturated rings. The standard InChI is InChI=1S/C16H14Cl2N2O/c1-2-10-3-5-11(6-4-10)21-9-16-19-14-7-12(17)13(18)8-15(14)20-16/h3-8H,2,9H2,1H3,(H,19,20). The molecule has 0 bridgehead atoms. The molecular weight excluding hydrogens is 307 g/mol. The molecule has 21 heavy (non-hydrogen) atoms. The first kappa shape index (κ1) is 14.2. The maximum atomic E-state index is 5.99. The summed E-state index contributed by atoms with van der Waals surface area (Å²) in [5.74, 6) is 1.56. The van der Waals surface area contributed by atoms with Gasteiger partial charge in [0.1, 0.15) is 18.2 Å². The highest BCUT2D eigenvalue weighted by molar-refractivity contribution is 6.42. The van der Waals surface area contributed by atoms with Crippen LogP contribution in [0.2, 0.25) is 10.0 Å². The first-order valence-electron chi connectivity index (χ1n) is 6.71. The fourth-order valence-electron chi connectivity index (χ4n) is 2.10. The van der Waals surface area contributed by atoms with E-state index in [9.17, 15) is 0 Å². The van der Waals surface area contributed by atoms with Crippen molar-refractivity contribution in [1.82, 2.24) is 9.97 Å². The van der Waals surface area contributed by atoms with Crippen molar-refractivity contribution in [1.29, 1.82) is 0 Å². The van der Waals surface area contributed by atoms with Crippen molar-refractivity contribution < 1.29 is 4.74 Å². The van der Waals surface area contributed by atoms with Crippen LogP contribution >= 0.6 is 23.2 Å². The summed E-state index contributed by atoms with van der Waals surface area (Å²) in [6, 6.07) is 11.6. The van der Waals surface area contributed by atoms with Crippen LogP contribution in [0.15, 0.2) is 36.4 Å². The quantitative estimate of drug-likeness (QED) is 0.733. The van der Waals surface area contributed by atoms with Crippen molar-refractivity contribution in [3.8, 4) is 5.75 Å². The number of benzene rings is 2. The van der Waals surface area contributed by atoms with Gasteiger partial charge in [0.15, 0.2) is 0 Å². The lowest BCUT2D eigenvalue weighted by Crippen LogP contribution is -1.97. The molecule has 3 rings (SSSR count). The zero-order valence-electron chi connectivity index (χ0n) is 11.5. The van der Waals surface area contributed by atoms with Crippen LogP contribution in [-0.2, 0) is 13.0 Å². The number of nitrogens with one attached hydrogen (secondary N) is 1. The molecule has 0 radical (unpaired) electrons. The molecule has 0 amide bonds. The molecule has 1 aromatic heterocycles. The van der Waals surface area contributed by atoms with Gasteiger partial charge in [-0.15, -0.1) is 0 Å². The van der Waals surface area contributed by atoms with Gasteiger partial charge in [0, 0.05) is 0 Å². The fourth-order valence-corrected chi connectivity index (χ4v) is 2.42. The van der Waals surface area contributed by atoms with E-state index in [2.05, 4.69) is 29.0 Å². The second-order valence-corrected chi connectivity index (χ2v) is 5.57. The Bertz CT molecular complexity index is 727. The predicted molar refractivity (Wildman–Crippen MR) is 86.3 cm³/mol. The molecule has 0 unspecified atom stereocenters. The average molecular weight is 321 g/mol. The van der Waals surface area contributed by atoms with Gasteiger partial charge in [0.25, 0.3) is 0 Å². The highest BCUT2D eigenvalue weighted by atomic mass is 35.5. The Labute approximate surface area is 132 Å².